The van der Waals surface area contributed by atoms with Gasteiger partial charge in [-0.3, -0.25) is 0 Å². The van der Waals surface area contributed by atoms with Crippen LogP contribution in [0.4, 0.5) is 0 Å². The summed E-state index contributed by atoms with van der Waals surface area (Å²) in [6.07, 6.45) is 1.90. The van der Waals surface area contributed by atoms with Crippen molar-refractivity contribution in [1.82, 2.24) is 0 Å². The van der Waals surface area contributed by atoms with E-state index in [9.17, 15) is 10.2 Å². The van der Waals surface area contributed by atoms with E-state index in [2.05, 4.69) is 20.8 Å². The van der Waals surface area contributed by atoms with Crippen LogP contribution in [0.3, 0.4) is 0 Å². The summed E-state index contributed by atoms with van der Waals surface area (Å²) in [5.74, 6) is 1.72. The Morgan fingerprint density at radius 3 is 2.09 bits per heavy atom. The molecule has 0 saturated carbocycles. The van der Waals surface area contributed by atoms with Gasteiger partial charge >= 0.3 is 0 Å². The van der Waals surface area contributed by atoms with Crippen LogP contribution in [-0.2, 0) is 0 Å². The van der Waals surface area contributed by atoms with E-state index in [1.807, 2.05) is 18.2 Å². The van der Waals surface area contributed by atoms with Crippen LogP contribution in [0.25, 0.3) is 0 Å². The molecule has 0 spiro atoms. The van der Waals surface area contributed by atoms with Crippen LogP contribution in [0.15, 0.2) is 18.2 Å². The molecule has 0 aliphatic carbocycles. The van der Waals surface area contributed by atoms with E-state index in [0.717, 1.165) is 36.3 Å². The molecule has 0 saturated heterocycles. The maximum Gasteiger partial charge on any atom is 0.161 e. The Kier molecular flexibility index (Phi) is 9.03. The molecule has 0 aliphatic heterocycles. The average molecular weight is 324 g/mol. The van der Waals surface area contributed by atoms with Crippen molar-refractivity contribution < 1.29 is 19.7 Å². The molecule has 1 aromatic carbocycles. The van der Waals surface area contributed by atoms with E-state index in [-0.39, 0.29) is 5.92 Å². The number of aliphatic hydroxyl groups is 2. The quantitative estimate of drug-likeness (QED) is 0.648. The average Bonchev–Trinajstić information content (AvgIpc) is 2.55. The topological polar surface area (TPSA) is 58.9 Å². The lowest BCUT2D eigenvalue weighted by Gasteiger charge is -2.22. The third kappa shape index (κ3) is 6.40. The summed E-state index contributed by atoms with van der Waals surface area (Å²) in [6.45, 7) is 9.18. The van der Waals surface area contributed by atoms with E-state index in [4.69, 9.17) is 9.47 Å². The fourth-order valence-electron chi connectivity index (χ4n) is 2.46. The molecule has 0 bridgehead atoms. The first kappa shape index (κ1) is 19.8. The van der Waals surface area contributed by atoms with Gasteiger partial charge in [-0.15, -0.1) is 0 Å². The standard InChI is InChI=1S/C19H32O4/c1-5-10-22-18-9-8-16(13-19(18)23-11-6-2)15(7-3)12-17(21)14(4)20/h8-9,13-15,17,20-21H,5-7,10-12H2,1-4H3. The molecule has 0 heterocycles. The van der Waals surface area contributed by atoms with Crippen LogP contribution in [0.2, 0.25) is 0 Å². The molecule has 23 heavy (non-hydrogen) atoms. The zero-order chi connectivity index (χ0) is 17.2. The number of hydrogen-bond acceptors (Lipinski definition) is 4. The number of aliphatic hydroxyl groups excluding tert-OH is 2. The third-order valence-electron chi connectivity index (χ3n) is 3.94. The van der Waals surface area contributed by atoms with Gasteiger partial charge in [0.15, 0.2) is 11.5 Å². The highest BCUT2D eigenvalue weighted by Crippen LogP contribution is 2.34. The largest absolute Gasteiger partial charge is 0.490 e. The highest BCUT2D eigenvalue weighted by molar-refractivity contribution is 5.44. The first-order chi connectivity index (χ1) is 11.0. The zero-order valence-corrected chi connectivity index (χ0v) is 14.9. The summed E-state index contributed by atoms with van der Waals surface area (Å²) in [7, 11) is 0. The van der Waals surface area contributed by atoms with Gasteiger partial charge in [0.05, 0.1) is 25.4 Å². The second kappa shape index (κ2) is 10.5. The molecular weight excluding hydrogens is 292 g/mol. The number of hydrogen-bond donors (Lipinski definition) is 2. The summed E-state index contributed by atoms with van der Waals surface area (Å²) < 4.78 is 11.6. The van der Waals surface area contributed by atoms with Crippen LogP contribution >= 0.6 is 0 Å². The molecule has 0 radical (unpaired) electrons. The van der Waals surface area contributed by atoms with Gasteiger partial charge in [0, 0.05) is 0 Å². The second-order valence-corrected chi connectivity index (χ2v) is 6.05. The Labute approximate surface area is 140 Å². The van der Waals surface area contributed by atoms with E-state index < -0.39 is 12.2 Å². The lowest BCUT2D eigenvalue weighted by Crippen LogP contribution is -2.24. The molecule has 3 atom stereocenters. The fourth-order valence-corrected chi connectivity index (χ4v) is 2.46. The van der Waals surface area contributed by atoms with Crippen molar-refractivity contribution >= 4 is 0 Å². The van der Waals surface area contributed by atoms with Crippen molar-refractivity contribution in [3.8, 4) is 11.5 Å². The maximum atomic E-state index is 9.96. The van der Waals surface area contributed by atoms with Gasteiger partial charge in [-0.1, -0.05) is 26.8 Å². The molecule has 0 aromatic heterocycles. The lowest BCUT2D eigenvalue weighted by molar-refractivity contribution is 0.0215. The minimum atomic E-state index is -0.716. The van der Waals surface area contributed by atoms with Gasteiger partial charge in [-0.25, -0.2) is 0 Å². The Hall–Kier alpha value is -1.26. The minimum Gasteiger partial charge on any atom is -0.490 e. The van der Waals surface area contributed by atoms with Crippen LogP contribution < -0.4 is 9.47 Å². The summed E-state index contributed by atoms with van der Waals surface area (Å²) >= 11 is 0. The predicted octanol–water partition coefficient (Wildman–Crippen LogP) is 3.89. The van der Waals surface area contributed by atoms with E-state index >= 15 is 0 Å². The Balaban J connectivity index is 2.95. The Morgan fingerprint density at radius 1 is 0.957 bits per heavy atom. The van der Waals surface area contributed by atoms with Gasteiger partial charge in [0.2, 0.25) is 0 Å². The molecule has 0 fully saturated rings. The van der Waals surface area contributed by atoms with Crippen LogP contribution in [0.1, 0.15) is 64.9 Å². The zero-order valence-electron chi connectivity index (χ0n) is 14.9. The monoisotopic (exact) mass is 324 g/mol. The van der Waals surface area contributed by atoms with Crippen molar-refractivity contribution in [3.05, 3.63) is 23.8 Å². The first-order valence-electron chi connectivity index (χ1n) is 8.79. The fraction of sp³-hybridized carbons (Fsp3) is 0.684. The molecule has 2 N–H and O–H groups in total. The summed E-state index contributed by atoms with van der Waals surface area (Å²) in [5, 5.41) is 19.5. The van der Waals surface area contributed by atoms with Crippen LogP contribution in [0, 0.1) is 0 Å². The molecule has 132 valence electrons. The summed E-state index contributed by atoms with van der Waals surface area (Å²) in [6, 6.07) is 6.00. The molecule has 4 heteroatoms. The number of ether oxygens (including phenoxy) is 2. The van der Waals surface area contributed by atoms with Crippen molar-refractivity contribution in [3.63, 3.8) is 0 Å². The minimum absolute atomic E-state index is 0.184. The lowest BCUT2D eigenvalue weighted by atomic mass is 9.89. The van der Waals surface area contributed by atoms with Crippen molar-refractivity contribution in [2.75, 3.05) is 13.2 Å². The predicted molar refractivity (Wildman–Crippen MR) is 93.4 cm³/mol. The van der Waals surface area contributed by atoms with Gasteiger partial charge in [0.25, 0.3) is 0 Å². The smallest absolute Gasteiger partial charge is 0.161 e. The van der Waals surface area contributed by atoms with Crippen molar-refractivity contribution in [1.29, 1.82) is 0 Å². The maximum absolute atomic E-state index is 9.96. The first-order valence-corrected chi connectivity index (χ1v) is 8.79. The van der Waals surface area contributed by atoms with Gasteiger partial charge in [-0.05, 0) is 56.2 Å². The molecule has 4 nitrogen and oxygen atoms in total. The van der Waals surface area contributed by atoms with E-state index in [1.165, 1.54) is 0 Å². The van der Waals surface area contributed by atoms with E-state index in [1.54, 1.807) is 6.92 Å². The van der Waals surface area contributed by atoms with Gasteiger partial charge < -0.3 is 19.7 Å². The molecule has 0 aliphatic rings. The highest BCUT2D eigenvalue weighted by atomic mass is 16.5. The Morgan fingerprint density at radius 2 is 1.57 bits per heavy atom. The molecule has 3 unspecified atom stereocenters. The molecule has 1 aromatic rings. The normalized spacial score (nSPS) is 15.0. The second-order valence-electron chi connectivity index (χ2n) is 6.05. The van der Waals surface area contributed by atoms with Crippen molar-refractivity contribution in [2.45, 2.75) is 71.5 Å². The van der Waals surface area contributed by atoms with Gasteiger partial charge in [-0.2, -0.15) is 0 Å². The molecule has 0 amide bonds. The SMILES string of the molecule is CCCOc1ccc(C(CC)CC(O)C(C)O)cc1OCCC. The highest BCUT2D eigenvalue weighted by Gasteiger charge is 2.20. The van der Waals surface area contributed by atoms with Crippen LogP contribution in [-0.4, -0.2) is 35.6 Å². The molecular formula is C19H32O4. The number of benzene rings is 1. The molecule has 1 rings (SSSR count). The summed E-state index contributed by atoms with van der Waals surface area (Å²) in [4.78, 5) is 0. The third-order valence-corrected chi connectivity index (χ3v) is 3.94. The Bertz CT molecular complexity index is 445. The van der Waals surface area contributed by atoms with E-state index in [0.29, 0.717) is 19.6 Å². The van der Waals surface area contributed by atoms with Gasteiger partial charge in [0.1, 0.15) is 0 Å². The summed E-state index contributed by atoms with van der Waals surface area (Å²) in [5.41, 5.74) is 1.11. The number of rotatable bonds is 11. The van der Waals surface area contributed by atoms with Crippen molar-refractivity contribution in [2.24, 2.45) is 0 Å². The van der Waals surface area contributed by atoms with Crippen LogP contribution in [0.5, 0.6) is 11.5 Å².